The first-order valence-corrected chi connectivity index (χ1v) is 8.88. The Hall–Kier alpha value is -2.14. The predicted octanol–water partition coefficient (Wildman–Crippen LogP) is 3.43. The van der Waals surface area contributed by atoms with Gasteiger partial charge in [-0.25, -0.2) is 4.39 Å². The molecule has 2 N–H and O–H groups in total. The average Bonchev–Trinajstić information content (AvgIpc) is 2.90. The maximum Gasteiger partial charge on any atom is 0.255 e. The van der Waals surface area contributed by atoms with E-state index < -0.39 is 0 Å². The van der Waals surface area contributed by atoms with Crippen molar-refractivity contribution in [1.82, 2.24) is 9.47 Å². The van der Waals surface area contributed by atoms with Crippen molar-refractivity contribution < 1.29 is 9.18 Å². The molecule has 1 aliphatic rings. The third-order valence-electron chi connectivity index (χ3n) is 5.23. The Morgan fingerprint density at radius 2 is 1.96 bits per heavy atom. The number of rotatable bonds is 3. The number of hydrogen-bond acceptors (Lipinski definition) is 2. The minimum Gasteiger partial charge on any atom is -0.338 e. The number of nitrogens with zero attached hydrogens (tertiary/aromatic N) is 2. The van der Waals surface area contributed by atoms with Gasteiger partial charge in [0.15, 0.2) is 0 Å². The molecule has 1 saturated heterocycles. The number of halogens is 1. The standard InChI is InChI=1S/C20H26FN3O/c1-13-11-19(15(3)24(13)18-8-6-17(21)7-9-18)20(25)23-10-4-5-16(12-23)14(2)22/h6-9,11,14,16H,4-5,10,12,22H2,1-3H3. The second-order valence-electron chi connectivity index (χ2n) is 7.11. The Bertz CT molecular complexity index is 764. The summed E-state index contributed by atoms with van der Waals surface area (Å²) in [5.41, 5.74) is 9.47. The molecule has 0 spiro atoms. The first kappa shape index (κ1) is 17.7. The van der Waals surface area contributed by atoms with Crippen molar-refractivity contribution in [3.63, 3.8) is 0 Å². The summed E-state index contributed by atoms with van der Waals surface area (Å²) in [6.07, 6.45) is 2.07. The van der Waals surface area contributed by atoms with Gasteiger partial charge in [0, 0.05) is 36.2 Å². The summed E-state index contributed by atoms with van der Waals surface area (Å²) in [7, 11) is 0. The molecule has 25 heavy (non-hydrogen) atoms. The van der Waals surface area contributed by atoms with E-state index in [2.05, 4.69) is 0 Å². The average molecular weight is 343 g/mol. The Labute approximate surface area is 148 Å². The van der Waals surface area contributed by atoms with Crippen LogP contribution in [0.4, 0.5) is 4.39 Å². The zero-order chi connectivity index (χ0) is 18.1. The first-order chi connectivity index (χ1) is 11.9. The minimum absolute atomic E-state index is 0.0619. The van der Waals surface area contributed by atoms with Gasteiger partial charge in [-0.2, -0.15) is 0 Å². The highest BCUT2D eigenvalue weighted by atomic mass is 19.1. The zero-order valence-corrected chi connectivity index (χ0v) is 15.1. The van der Waals surface area contributed by atoms with Crippen molar-refractivity contribution in [2.24, 2.45) is 11.7 Å². The summed E-state index contributed by atoms with van der Waals surface area (Å²) in [5.74, 6) is 0.155. The van der Waals surface area contributed by atoms with Gasteiger partial charge in [0.1, 0.15) is 5.82 Å². The third kappa shape index (κ3) is 3.47. The SMILES string of the molecule is Cc1cc(C(=O)N2CCCC(C(C)N)C2)c(C)n1-c1ccc(F)cc1. The number of hydrogen-bond donors (Lipinski definition) is 1. The van der Waals surface area contributed by atoms with Crippen LogP contribution in [0, 0.1) is 25.6 Å². The van der Waals surface area contributed by atoms with Crippen LogP contribution in [0.2, 0.25) is 0 Å². The Morgan fingerprint density at radius 1 is 1.28 bits per heavy atom. The lowest BCUT2D eigenvalue weighted by atomic mass is 9.92. The fraction of sp³-hybridized carbons (Fsp3) is 0.450. The fourth-order valence-electron chi connectivity index (χ4n) is 3.76. The van der Waals surface area contributed by atoms with Gasteiger partial charge in [-0.15, -0.1) is 0 Å². The lowest BCUT2D eigenvalue weighted by molar-refractivity contribution is 0.0660. The third-order valence-corrected chi connectivity index (χ3v) is 5.23. The van der Waals surface area contributed by atoms with Crippen molar-refractivity contribution in [2.75, 3.05) is 13.1 Å². The minimum atomic E-state index is -0.266. The van der Waals surface area contributed by atoms with E-state index in [9.17, 15) is 9.18 Å². The molecule has 1 amide bonds. The molecule has 2 atom stereocenters. The molecular formula is C20H26FN3O. The second-order valence-corrected chi connectivity index (χ2v) is 7.11. The maximum atomic E-state index is 13.2. The van der Waals surface area contributed by atoms with Crippen LogP contribution in [0.15, 0.2) is 30.3 Å². The van der Waals surface area contributed by atoms with Crippen molar-refractivity contribution >= 4 is 5.91 Å². The molecule has 0 aliphatic carbocycles. The van der Waals surface area contributed by atoms with E-state index in [1.54, 1.807) is 12.1 Å². The summed E-state index contributed by atoms with van der Waals surface area (Å²) in [4.78, 5) is 15.0. The monoisotopic (exact) mass is 343 g/mol. The number of nitrogens with two attached hydrogens (primary N) is 1. The van der Waals surface area contributed by atoms with Crippen molar-refractivity contribution in [3.8, 4) is 5.69 Å². The van der Waals surface area contributed by atoms with Crippen LogP contribution in [0.25, 0.3) is 5.69 Å². The molecule has 1 aromatic heterocycles. The van der Waals surface area contributed by atoms with Crippen LogP contribution in [-0.4, -0.2) is 34.5 Å². The highest BCUT2D eigenvalue weighted by Crippen LogP contribution is 2.25. The van der Waals surface area contributed by atoms with Gasteiger partial charge in [-0.1, -0.05) is 0 Å². The molecular weight excluding hydrogens is 317 g/mol. The van der Waals surface area contributed by atoms with Gasteiger partial charge in [0.25, 0.3) is 5.91 Å². The van der Waals surface area contributed by atoms with Crippen LogP contribution >= 0.6 is 0 Å². The molecule has 2 unspecified atom stereocenters. The summed E-state index contributed by atoms with van der Waals surface area (Å²) in [6.45, 7) is 7.42. The normalized spacial score (nSPS) is 19.1. The van der Waals surface area contributed by atoms with E-state index in [0.29, 0.717) is 11.5 Å². The van der Waals surface area contributed by atoms with Crippen LogP contribution in [0.5, 0.6) is 0 Å². The molecule has 4 nitrogen and oxygen atoms in total. The van der Waals surface area contributed by atoms with Gasteiger partial charge in [0.2, 0.25) is 0 Å². The van der Waals surface area contributed by atoms with Crippen LogP contribution < -0.4 is 5.73 Å². The summed E-state index contributed by atoms with van der Waals surface area (Å²) in [5, 5.41) is 0. The quantitative estimate of drug-likeness (QED) is 0.928. The number of aryl methyl sites for hydroxylation is 1. The van der Waals surface area contributed by atoms with E-state index in [-0.39, 0.29) is 17.8 Å². The van der Waals surface area contributed by atoms with Crippen LogP contribution in [-0.2, 0) is 0 Å². The van der Waals surface area contributed by atoms with E-state index >= 15 is 0 Å². The number of carbonyl (C=O) groups is 1. The number of amides is 1. The summed E-state index contributed by atoms with van der Waals surface area (Å²) >= 11 is 0. The van der Waals surface area contributed by atoms with Crippen molar-refractivity contribution in [1.29, 1.82) is 0 Å². The molecule has 2 heterocycles. The van der Waals surface area contributed by atoms with Crippen molar-refractivity contribution in [2.45, 2.75) is 39.7 Å². The van der Waals surface area contributed by atoms with Gasteiger partial charge >= 0.3 is 0 Å². The molecule has 2 aromatic rings. The van der Waals surface area contributed by atoms with Gasteiger partial charge < -0.3 is 15.2 Å². The number of piperidine rings is 1. The van der Waals surface area contributed by atoms with E-state index in [0.717, 1.165) is 43.0 Å². The highest BCUT2D eigenvalue weighted by molar-refractivity contribution is 5.96. The molecule has 1 aromatic carbocycles. The molecule has 1 fully saturated rings. The van der Waals surface area contributed by atoms with Gasteiger partial charge in [0.05, 0.1) is 5.56 Å². The molecule has 0 radical (unpaired) electrons. The fourth-order valence-corrected chi connectivity index (χ4v) is 3.76. The van der Waals surface area contributed by atoms with Crippen LogP contribution in [0.1, 0.15) is 41.5 Å². The zero-order valence-electron chi connectivity index (χ0n) is 15.1. The lowest BCUT2D eigenvalue weighted by Gasteiger charge is -2.34. The maximum absolute atomic E-state index is 13.2. The first-order valence-electron chi connectivity index (χ1n) is 8.88. The van der Waals surface area contributed by atoms with Gasteiger partial charge in [-0.3, -0.25) is 4.79 Å². The second kappa shape index (κ2) is 7.00. The highest BCUT2D eigenvalue weighted by Gasteiger charge is 2.28. The molecule has 1 aliphatic heterocycles. The Balaban J connectivity index is 1.89. The van der Waals surface area contributed by atoms with Crippen LogP contribution in [0.3, 0.4) is 0 Å². The Morgan fingerprint density at radius 3 is 2.60 bits per heavy atom. The largest absolute Gasteiger partial charge is 0.338 e. The summed E-state index contributed by atoms with van der Waals surface area (Å²) in [6, 6.07) is 8.37. The molecule has 5 heteroatoms. The number of benzene rings is 1. The topological polar surface area (TPSA) is 51.3 Å². The lowest BCUT2D eigenvalue weighted by Crippen LogP contribution is -2.45. The van der Waals surface area contributed by atoms with E-state index in [4.69, 9.17) is 5.73 Å². The van der Waals surface area contributed by atoms with Gasteiger partial charge in [-0.05, 0) is 69.9 Å². The number of carbonyl (C=O) groups excluding carboxylic acids is 1. The van der Waals surface area contributed by atoms with Crippen molar-refractivity contribution in [3.05, 3.63) is 53.1 Å². The number of likely N-dealkylation sites (tertiary alicyclic amines) is 1. The predicted molar refractivity (Wildman–Crippen MR) is 97.5 cm³/mol. The Kier molecular flexibility index (Phi) is 4.95. The molecule has 134 valence electrons. The molecule has 0 bridgehead atoms. The number of aromatic nitrogens is 1. The van der Waals surface area contributed by atoms with E-state index in [1.807, 2.05) is 36.3 Å². The smallest absolute Gasteiger partial charge is 0.255 e. The molecule has 0 saturated carbocycles. The van der Waals surface area contributed by atoms with E-state index in [1.165, 1.54) is 12.1 Å². The molecule has 3 rings (SSSR count). The summed E-state index contributed by atoms with van der Waals surface area (Å²) < 4.78 is 15.2.